The Morgan fingerprint density at radius 2 is 1.90 bits per heavy atom. The van der Waals surface area contributed by atoms with Crippen molar-refractivity contribution in [2.24, 2.45) is 0 Å². The minimum absolute atomic E-state index is 0.0613. The van der Waals surface area contributed by atoms with Gasteiger partial charge in [0.05, 0.1) is 25.8 Å². The van der Waals surface area contributed by atoms with Gasteiger partial charge in [0.25, 0.3) is 0 Å². The molecule has 0 saturated carbocycles. The summed E-state index contributed by atoms with van der Waals surface area (Å²) in [7, 11) is 3.06. The summed E-state index contributed by atoms with van der Waals surface area (Å²) in [5.41, 5.74) is 0.500. The van der Waals surface area contributed by atoms with Gasteiger partial charge in [-0.1, -0.05) is 17.7 Å². The molecule has 0 amide bonds. The number of aliphatic carboxylic acids is 1. The Morgan fingerprint density at radius 1 is 1.29 bits per heavy atom. The number of benzene rings is 1. The molecule has 0 aliphatic rings. The van der Waals surface area contributed by atoms with Crippen LogP contribution in [-0.4, -0.2) is 42.3 Å². The summed E-state index contributed by atoms with van der Waals surface area (Å²) in [5.74, 6) is 0.133. The van der Waals surface area contributed by atoms with Crippen molar-refractivity contribution in [1.29, 1.82) is 0 Å². The largest absolute Gasteiger partial charge is 0.493 e. The number of nitrogens with zero attached hydrogens (tertiary/aromatic N) is 1. The highest BCUT2D eigenvalue weighted by Crippen LogP contribution is 2.38. The Bertz CT molecular complexity index is 511. The lowest BCUT2D eigenvalue weighted by Crippen LogP contribution is -2.43. The molecule has 0 saturated heterocycles. The molecule has 0 aromatic heterocycles. The Balaban J connectivity index is 3.12. The summed E-state index contributed by atoms with van der Waals surface area (Å²) in [6, 6.07) is 3.59. The second-order valence-corrected chi connectivity index (χ2v) is 6.07. The number of methoxy groups -OCH3 is 2. The van der Waals surface area contributed by atoms with Crippen LogP contribution in [0.25, 0.3) is 0 Å². The molecule has 0 atom stereocenters. The molecular weight excluding hydrogens is 294 g/mol. The van der Waals surface area contributed by atoms with Crippen molar-refractivity contribution in [2.75, 3.05) is 20.8 Å². The highest BCUT2D eigenvalue weighted by molar-refractivity contribution is 6.33. The molecule has 1 N–H and O–H groups in total. The van der Waals surface area contributed by atoms with Gasteiger partial charge in [-0.2, -0.15) is 0 Å². The molecule has 0 fully saturated rings. The average Bonchev–Trinajstić information content (AvgIpc) is 2.38. The van der Waals surface area contributed by atoms with Crippen molar-refractivity contribution >= 4 is 17.6 Å². The topological polar surface area (TPSA) is 59.0 Å². The number of ether oxygens (including phenoxy) is 2. The van der Waals surface area contributed by atoms with Crippen molar-refractivity contribution in [1.82, 2.24) is 4.90 Å². The molecule has 1 aromatic rings. The molecule has 0 spiro atoms. The van der Waals surface area contributed by atoms with Crippen molar-refractivity contribution in [2.45, 2.75) is 32.9 Å². The lowest BCUT2D eigenvalue weighted by atomic mass is 10.0. The number of carboxylic acid groups (broad SMARTS) is 1. The monoisotopic (exact) mass is 315 g/mol. The predicted octanol–water partition coefficient (Wildman–Crippen LogP) is 3.04. The third-order valence-corrected chi connectivity index (χ3v) is 3.62. The summed E-state index contributed by atoms with van der Waals surface area (Å²) < 4.78 is 10.5. The van der Waals surface area contributed by atoms with E-state index in [1.54, 1.807) is 13.2 Å². The second kappa shape index (κ2) is 7.00. The highest BCUT2D eigenvalue weighted by atomic mass is 35.5. The van der Waals surface area contributed by atoms with E-state index in [1.807, 2.05) is 31.7 Å². The molecule has 0 radical (unpaired) electrons. The fourth-order valence-corrected chi connectivity index (χ4v) is 2.24. The number of hydrogen-bond donors (Lipinski definition) is 1. The second-order valence-electron chi connectivity index (χ2n) is 5.69. The summed E-state index contributed by atoms with van der Waals surface area (Å²) >= 11 is 6.34. The van der Waals surface area contributed by atoms with Crippen LogP contribution in [-0.2, 0) is 11.3 Å². The summed E-state index contributed by atoms with van der Waals surface area (Å²) in [5, 5.41) is 9.50. The van der Waals surface area contributed by atoms with E-state index in [0.717, 1.165) is 5.56 Å². The third kappa shape index (κ3) is 4.51. The summed E-state index contributed by atoms with van der Waals surface area (Å²) in [4.78, 5) is 12.9. The van der Waals surface area contributed by atoms with Gasteiger partial charge in [-0.25, -0.2) is 0 Å². The predicted molar refractivity (Wildman–Crippen MR) is 82.4 cm³/mol. The van der Waals surface area contributed by atoms with E-state index in [0.29, 0.717) is 23.1 Å². The lowest BCUT2D eigenvalue weighted by molar-refractivity contribution is -0.139. The van der Waals surface area contributed by atoms with Crippen LogP contribution >= 0.6 is 11.6 Å². The molecule has 0 aliphatic carbocycles. The SMILES string of the molecule is COc1ccc(CN(CC(=O)O)C(C)(C)C)c(Cl)c1OC. The molecule has 1 aromatic carbocycles. The van der Waals surface area contributed by atoms with Crippen molar-refractivity contribution in [3.8, 4) is 11.5 Å². The normalized spacial score (nSPS) is 11.6. The lowest BCUT2D eigenvalue weighted by Gasteiger charge is -2.34. The number of halogens is 1. The summed E-state index contributed by atoms with van der Waals surface area (Å²) in [6.45, 7) is 6.24. The first-order valence-corrected chi connectivity index (χ1v) is 6.94. The van der Waals surface area contributed by atoms with E-state index in [2.05, 4.69) is 0 Å². The average molecular weight is 316 g/mol. The van der Waals surface area contributed by atoms with Gasteiger partial charge in [0, 0.05) is 12.1 Å². The van der Waals surface area contributed by atoms with Gasteiger partial charge < -0.3 is 14.6 Å². The van der Waals surface area contributed by atoms with Gasteiger partial charge in [-0.15, -0.1) is 0 Å². The van der Waals surface area contributed by atoms with Gasteiger partial charge in [-0.05, 0) is 32.4 Å². The van der Waals surface area contributed by atoms with Gasteiger partial charge >= 0.3 is 5.97 Å². The fourth-order valence-electron chi connectivity index (χ4n) is 1.95. The number of rotatable bonds is 6. The molecule has 0 bridgehead atoms. The van der Waals surface area contributed by atoms with Gasteiger partial charge in [0.1, 0.15) is 0 Å². The maximum absolute atomic E-state index is 11.0. The van der Waals surface area contributed by atoms with E-state index >= 15 is 0 Å². The van der Waals surface area contributed by atoms with E-state index in [-0.39, 0.29) is 12.1 Å². The van der Waals surface area contributed by atoms with E-state index in [9.17, 15) is 4.79 Å². The highest BCUT2D eigenvalue weighted by Gasteiger charge is 2.25. The molecule has 5 nitrogen and oxygen atoms in total. The van der Waals surface area contributed by atoms with Crippen LogP contribution in [0.2, 0.25) is 5.02 Å². The Hall–Kier alpha value is -1.46. The van der Waals surface area contributed by atoms with Crippen LogP contribution in [0.5, 0.6) is 11.5 Å². The Morgan fingerprint density at radius 3 is 2.33 bits per heavy atom. The molecule has 118 valence electrons. The zero-order chi connectivity index (χ0) is 16.2. The number of carbonyl (C=O) groups is 1. The summed E-state index contributed by atoms with van der Waals surface area (Å²) in [6.07, 6.45) is 0. The molecule has 1 rings (SSSR count). The minimum atomic E-state index is -0.874. The molecule has 0 heterocycles. The Kier molecular flexibility index (Phi) is 5.87. The standard InChI is InChI=1S/C15H22ClNO4/c1-15(2,3)17(9-12(18)19)8-10-6-7-11(20-4)14(21-5)13(10)16/h6-7H,8-9H2,1-5H3,(H,18,19). The first-order chi connectivity index (χ1) is 9.70. The van der Waals surface area contributed by atoms with Crippen molar-refractivity contribution in [3.05, 3.63) is 22.7 Å². The maximum atomic E-state index is 11.0. The van der Waals surface area contributed by atoms with Gasteiger partial charge in [0.15, 0.2) is 11.5 Å². The van der Waals surface area contributed by atoms with Crippen LogP contribution in [0.4, 0.5) is 0 Å². The number of carboxylic acids is 1. The van der Waals surface area contributed by atoms with Crippen LogP contribution < -0.4 is 9.47 Å². The molecule has 6 heteroatoms. The van der Waals surface area contributed by atoms with Crippen LogP contribution in [0.15, 0.2) is 12.1 Å². The maximum Gasteiger partial charge on any atom is 0.317 e. The molecular formula is C15H22ClNO4. The zero-order valence-electron chi connectivity index (χ0n) is 13.1. The third-order valence-electron chi connectivity index (χ3n) is 3.20. The Labute approximate surface area is 130 Å². The zero-order valence-corrected chi connectivity index (χ0v) is 13.8. The first kappa shape index (κ1) is 17.6. The van der Waals surface area contributed by atoms with Crippen LogP contribution in [0.1, 0.15) is 26.3 Å². The molecule has 0 unspecified atom stereocenters. The van der Waals surface area contributed by atoms with Gasteiger partial charge in [-0.3, -0.25) is 9.69 Å². The van der Waals surface area contributed by atoms with E-state index in [1.165, 1.54) is 7.11 Å². The molecule has 21 heavy (non-hydrogen) atoms. The van der Waals surface area contributed by atoms with E-state index < -0.39 is 5.97 Å². The first-order valence-electron chi connectivity index (χ1n) is 6.57. The van der Waals surface area contributed by atoms with Crippen LogP contribution in [0, 0.1) is 0 Å². The fraction of sp³-hybridized carbons (Fsp3) is 0.533. The smallest absolute Gasteiger partial charge is 0.317 e. The van der Waals surface area contributed by atoms with Crippen molar-refractivity contribution < 1.29 is 19.4 Å². The van der Waals surface area contributed by atoms with E-state index in [4.69, 9.17) is 26.2 Å². The van der Waals surface area contributed by atoms with Crippen LogP contribution in [0.3, 0.4) is 0 Å². The van der Waals surface area contributed by atoms with Gasteiger partial charge in [0.2, 0.25) is 0 Å². The number of hydrogen-bond acceptors (Lipinski definition) is 4. The molecule has 0 aliphatic heterocycles. The van der Waals surface area contributed by atoms with Crippen molar-refractivity contribution in [3.63, 3.8) is 0 Å². The quantitative estimate of drug-likeness (QED) is 0.874. The minimum Gasteiger partial charge on any atom is -0.493 e.